The molecule has 55 heavy (non-hydrogen) atoms. The lowest BCUT2D eigenvalue weighted by Crippen LogP contribution is -2.15. The molecule has 318 valence electrons. The number of aromatic hydroxyl groups is 3. The van der Waals surface area contributed by atoms with Crippen LogP contribution in [0.25, 0.3) is 0 Å². The monoisotopic (exact) mass is 765 g/mol. The van der Waals surface area contributed by atoms with E-state index in [2.05, 4.69) is 0 Å². The normalized spacial score (nSPS) is 25.4. The summed E-state index contributed by atoms with van der Waals surface area (Å²) in [6, 6.07) is 21.8. The molecule has 3 heteroatoms. The lowest BCUT2D eigenvalue weighted by molar-refractivity contribution is 0.259. The lowest BCUT2D eigenvalue weighted by Gasteiger charge is -2.23. The second-order valence-electron chi connectivity index (χ2n) is 14.5. The van der Waals surface area contributed by atoms with Crippen LogP contribution in [0.4, 0.5) is 0 Å². The Morgan fingerprint density at radius 1 is 0.345 bits per heavy atom. The molecule has 0 saturated heterocycles. The van der Waals surface area contributed by atoms with Gasteiger partial charge in [0.1, 0.15) is 17.2 Å². The highest BCUT2D eigenvalue weighted by Gasteiger charge is 2.49. The third-order valence-electron chi connectivity index (χ3n) is 12.0. The van der Waals surface area contributed by atoms with Crippen molar-refractivity contribution in [1.29, 1.82) is 0 Å². The van der Waals surface area contributed by atoms with Crippen LogP contribution < -0.4 is 0 Å². The fourth-order valence-corrected chi connectivity index (χ4v) is 9.73. The van der Waals surface area contributed by atoms with Crippen molar-refractivity contribution < 1.29 is 15.3 Å². The van der Waals surface area contributed by atoms with Gasteiger partial charge in [-0.2, -0.15) is 0 Å². The minimum atomic E-state index is 0. The molecular weight excluding hydrogens is 673 g/mol. The first-order valence-corrected chi connectivity index (χ1v) is 21.6. The SMILES string of the molecule is C.C.C.C1CC2C3CCC(C3)C2C1.C1CC2C3CCC(C3)C2C1.CC.CC.CC.CC.Cc1ccccc1O.Cc1ccccc1O.Cc1ccccc1O. The summed E-state index contributed by atoms with van der Waals surface area (Å²) in [6.45, 7) is 21.6. The van der Waals surface area contributed by atoms with Crippen LogP contribution in [-0.4, -0.2) is 15.3 Å². The van der Waals surface area contributed by atoms with Crippen molar-refractivity contribution in [1.82, 2.24) is 0 Å². The van der Waals surface area contributed by atoms with Crippen LogP contribution in [0.2, 0.25) is 0 Å². The van der Waals surface area contributed by atoms with Crippen LogP contribution in [0.3, 0.4) is 0 Å². The molecule has 6 fully saturated rings. The van der Waals surface area contributed by atoms with Crippen molar-refractivity contribution in [3.05, 3.63) is 89.5 Å². The molecule has 3 N–H and O–H groups in total. The molecule has 6 aliphatic carbocycles. The zero-order valence-electron chi connectivity index (χ0n) is 35.4. The molecule has 8 atom stereocenters. The Morgan fingerprint density at radius 2 is 0.545 bits per heavy atom. The van der Waals surface area contributed by atoms with Gasteiger partial charge in [0.05, 0.1) is 0 Å². The van der Waals surface area contributed by atoms with E-state index in [0.717, 1.165) is 16.7 Å². The van der Waals surface area contributed by atoms with Gasteiger partial charge in [-0.1, -0.05) is 145 Å². The lowest BCUT2D eigenvalue weighted by atomic mass is 9.82. The second-order valence-corrected chi connectivity index (χ2v) is 14.5. The maximum absolute atomic E-state index is 8.92. The van der Waals surface area contributed by atoms with Crippen LogP contribution in [-0.2, 0) is 0 Å². The first kappa shape index (κ1) is 56.4. The van der Waals surface area contributed by atoms with Crippen molar-refractivity contribution >= 4 is 0 Å². The van der Waals surface area contributed by atoms with E-state index in [0.29, 0.717) is 17.2 Å². The molecule has 3 nitrogen and oxygen atoms in total. The van der Waals surface area contributed by atoms with Crippen molar-refractivity contribution in [3.8, 4) is 17.2 Å². The summed E-state index contributed by atoms with van der Waals surface area (Å²) in [5.41, 5.74) is 2.77. The number of para-hydroxylation sites is 3. The molecule has 8 unspecified atom stereocenters. The molecule has 0 spiro atoms. The van der Waals surface area contributed by atoms with E-state index in [1.807, 2.05) is 131 Å². The Balaban J connectivity index is -0.000000582. The van der Waals surface area contributed by atoms with Crippen LogP contribution in [0.15, 0.2) is 72.8 Å². The second kappa shape index (κ2) is 32.2. The van der Waals surface area contributed by atoms with Crippen molar-refractivity contribution in [2.24, 2.45) is 47.3 Å². The van der Waals surface area contributed by atoms with E-state index >= 15 is 0 Å². The molecule has 3 aromatic rings. The summed E-state index contributed by atoms with van der Waals surface area (Å²) in [5.74, 6) is 10.7. The molecule has 0 heterocycles. The average Bonchev–Trinajstić information content (AvgIpc) is 4.05. The number of rotatable bonds is 0. The molecule has 0 aromatic heterocycles. The molecule has 6 saturated carbocycles. The number of fused-ring (bicyclic) bond motifs is 10. The molecule has 6 aliphatic rings. The molecule has 3 aromatic carbocycles. The zero-order valence-corrected chi connectivity index (χ0v) is 35.4. The summed E-state index contributed by atoms with van der Waals surface area (Å²) in [7, 11) is 0. The van der Waals surface area contributed by atoms with Gasteiger partial charge in [-0.15, -0.1) is 0 Å². The Kier molecular flexibility index (Phi) is 33.0. The maximum atomic E-state index is 8.92. The Labute approximate surface area is 343 Å². The van der Waals surface area contributed by atoms with Gasteiger partial charge in [0.25, 0.3) is 0 Å². The van der Waals surface area contributed by atoms with Crippen LogP contribution in [0, 0.1) is 68.1 Å². The summed E-state index contributed by atoms with van der Waals surface area (Å²) in [6.07, 6.45) is 19.1. The molecule has 0 amide bonds. The van der Waals surface area contributed by atoms with Crippen LogP contribution >= 0.6 is 0 Å². The number of phenolic OH excluding ortho intramolecular Hbond substituents is 3. The Morgan fingerprint density at radius 3 is 0.709 bits per heavy atom. The van der Waals surface area contributed by atoms with Crippen LogP contribution in [0.5, 0.6) is 17.2 Å². The van der Waals surface area contributed by atoms with Gasteiger partial charge in [-0.05, 0) is 167 Å². The molecule has 9 rings (SSSR count). The molecular formula is C52H92O3. The molecule has 0 aliphatic heterocycles. The van der Waals surface area contributed by atoms with Crippen molar-refractivity contribution in [2.45, 2.75) is 175 Å². The number of hydrogen-bond donors (Lipinski definition) is 3. The first-order valence-electron chi connectivity index (χ1n) is 21.6. The summed E-state index contributed by atoms with van der Waals surface area (Å²) in [4.78, 5) is 0. The van der Waals surface area contributed by atoms with E-state index in [9.17, 15) is 0 Å². The highest BCUT2D eigenvalue weighted by molar-refractivity contribution is 5.31. The minimum Gasteiger partial charge on any atom is -0.508 e. The third kappa shape index (κ3) is 17.4. The molecule has 4 bridgehead atoms. The smallest absolute Gasteiger partial charge is 0.118 e. The van der Waals surface area contributed by atoms with Gasteiger partial charge in [-0.3, -0.25) is 0 Å². The van der Waals surface area contributed by atoms with Gasteiger partial charge in [-0.25, -0.2) is 0 Å². The van der Waals surface area contributed by atoms with E-state index in [-0.39, 0.29) is 22.3 Å². The third-order valence-corrected chi connectivity index (χ3v) is 12.0. The van der Waals surface area contributed by atoms with Gasteiger partial charge in [0.2, 0.25) is 0 Å². The summed E-state index contributed by atoms with van der Waals surface area (Å²) in [5, 5.41) is 26.8. The maximum Gasteiger partial charge on any atom is 0.118 e. The Bertz CT molecular complexity index is 1080. The van der Waals surface area contributed by atoms with Crippen molar-refractivity contribution in [2.75, 3.05) is 0 Å². The van der Waals surface area contributed by atoms with E-state index in [1.54, 1.807) is 95.2 Å². The van der Waals surface area contributed by atoms with Gasteiger partial charge < -0.3 is 15.3 Å². The number of aryl methyl sites for hydroxylation is 3. The summed E-state index contributed by atoms with van der Waals surface area (Å²) < 4.78 is 0. The fourth-order valence-electron chi connectivity index (χ4n) is 9.73. The predicted molar refractivity (Wildman–Crippen MR) is 247 cm³/mol. The number of hydrogen-bond acceptors (Lipinski definition) is 3. The highest BCUT2D eigenvalue weighted by atomic mass is 16.3. The van der Waals surface area contributed by atoms with E-state index in [1.165, 1.54) is 47.3 Å². The van der Waals surface area contributed by atoms with Gasteiger partial charge >= 0.3 is 0 Å². The summed E-state index contributed by atoms with van der Waals surface area (Å²) >= 11 is 0. The zero-order chi connectivity index (χ0) is 39.1. The average molecular weight is 765 g/mol. The first-order chi connectivity index (χ1) is 25.3. The number of benzene rings is 3. The van der Waals surface area contributed by atoms with E-state index < -0.39 is 0 Å². The Hall–Kier alpha value is -2.94. The predicted octanol–water partition coefficient (Wildman–Crippen LogP) is 16.8. The quantitative estimate of drug-likeness (QED) is 0.214. The standard InChI is InChI=1S/2C10H16.3C7H8O.4C2H6.3CH4/c2*1-2-9-7-4-5-8(6-7)10(9)3-1;3*1-6-4-2-3-5-7(6)8;4*1-2;;;/h2*7-10H,1-6H2;3*2-5,8H,1H3;4*1-2H3;3*1H4. The number of phenols is 3. The van der Waals surface area contributed by atoms with Gasteiger partial charge in [0.15, 0.2) is 0 Å². The fraction of sp³-hybridized carbons (Fsp3) is 0.654. The highest BCUT2D eigenvalue weighted by Crippen LogP contribution is 2.59. The largest absolute Gasteiger partial charge is 0.508 e. The van der Waals surface area contributed by atoms with E-state index in [4.69, 9.17) is 15.3 Å². The van der Waals surface area contributed by atoms with Crippen molar-refractivity contribution in [3.63, 3.8) is 0 Å². The topological polar surface area (TPSA) is 60.7 Å². The minimum absolute atomic E-state index is 0. The molecule has 0 radical (unpaired) electrons. The van der Waals surface area contributed by atoms with Gasteiger partial charge in [0, 0.05) is 0 Å². The van der Waals surface area contributed by atoms with Crippen LogP contribution in [0.1, 0.15) is 171 Å².